The van der Waals surface area contributed by atoms with Crippen molar-refractivity contribution in [3.05, 3.63) is 41.9 Å². The Balaban J connectivity index is 1.34. The Kier molecular flexibility index (Phi) is 5.73. The van der Waals surface area contributed by atoms with E-state index >= 15 is 0 Å². The topological polar surface area (TPSA) is 53.3 Å². The number of benzene rings is 1. The Morgan fingerprint density at radius 2 is 1.93 bits per heavy atom. The predicted molar refractivity (Wildman–Crippen MR) is 109 cm³/mol. The number of fused-ring (bicyclic) bond motifs is 1. The summed E-state index contributed by atoms with van der Waals surface area (Å²) in [6.07, 6.45) is 5.89. The van der Waals surface area contributed by atoms with Crippen LogP contribution in [0.4, 0.5) is 8.78 Å². The quantitative estimate of drug-likeness (QED) is 0.805. The summed E-state index contributed by atoms with van der Waals surface area (Å²) in [6, 6.07) is 4.48. The largest absolute Gasteiger partial charge is 0.389 e. The van der Waals surface area contributed by atoms with Gasteiger partial charge in [0.2, 0.25) is 0 Å². The van der Waals surface area contributed by atoms with Crippen molar-refractivity contribution in [2.45, 2.75) is 63.8 Å². The maximum absolute atomic E-state index is 14.1. The number of aromatic nitrogens is 2. The monoisotopic (exact) mass is 404 g/mol. The molecule has 0 saturated carbocycles. The highest BCUT2D eigenvalue weighted by Crippen LogP contribution is 2.26. The summed E-state index contributed by atoms with van der Waals surface area (Å²) in [7, 11) is 0. The van der Waals surface area contributed by atoms with Gasteiger partial charge in [-0.25, -0.2) is 13.8 Å². The SMILES string of the molecule is CC(C)(O)CN1CCC(NC2CCc3nc(-c4ccc(F)cc4F)cn3C2)CC1. The molecular formula is C22H30F2N4O. The van der Waals surface area contributed by atoms with Gasteiger partial charge in [-0.15, -0.1) is 0 Å². The van der Waals surface area contributed by atoms with Crippen molar-refractivity contribution in [1.29, 1.82) is 0 Å². The number of halogens is 2. The minimum Gasteiger partial charge on any atom is -0.389 e. The fourth-order valence-corrected chi connectivity index (χ4v) is 4.55. The first kappa shape index (κ1) is 20.4. The van der Waals surface area contributed by atoms with Crippen LogP contribution in [0.1, 0.15) is 38.9 Å². The van der Waals surface area contributed by atoms with Gasteiger partial charge in [-0.2, -0.15) is 0 Å². The van der Waals surface area contributed by atoms with Crippen molar-refractivity contribution in [1.82, 2.24) is 19.8 Å². The van der Waals surface area contributed by atoms with E-state index < -0.39 is 17.2 Å². The summed E-state index contributed by atoms with van der Waals surface area (Å²) in [4.78, 5) is 6.91. The van der Waals surface area contributed by atoms with Crippen molar-refractivity contribution in [2.75, 3.05) is 19.6 Å². The molecule has 0 spiro atoms. The van der Waals surface area contributed by atoms with Crippen LogP contribution in [0.5, 0.6) is 0 Å². The highest BCUT2D eigenvalue weighted by atomic mass is 19.1. The number of hydrogen-bond donors (Lipinski definition) is 2. The number of aryl methyl sites for hydroxylation is 1. The van der Waals surface area contributed by atoms with E-state index in [2.05, 4.69) is 19.8 Å². The first-order chi connectivity index (χ1) is 13.8. The van der Waals surface area contributed by atoms with Crippen molar-refractivity contribution >= 4 is 0 Å². The Labute approximate surface area is 170 Å². The molecule has 1 aromatic carbocycles. The van der Waals surface area contributed by atoms with E-state index in [1.54, 1.807) is 0 Å². The number of likely N-dealkylation sites (tertiary alicyclic amines) is 1. The number of nitrogens with zero attached hydrogens (tertiary/aromatic N) is 3. The molecule has 2 aliphatic rings. The zero-order valence-corrected chi connectivity index (χ0v) is 17.2. The molecule has 2 aromatic rings. The summed E-state index contributed by atoms with van der Waals surface area (Å²) in [5, 5.41) is 13.8. The Morgan fingerprint density at radius 3 is 2.62 bits per heavy atom. The molecule has 2 aliphatic heterocycles. The Hall–Kier alpha value is -1.83. The van der Waals surface area contributed by atoms with Gasteiger partial charge in [0.25, 0.3) is 0 Å². The van der Waals surface area contributed by atoms with Gasteiger partial charge in [0.1, 0.15) is 17.5 Å². The van der Waals surface area contributed by atoms with Crippen LogP contribution in [0.2, 0.25) is 0 Å². The van der Waals surface area contributed by atoms with Gasteiger partial charge < -0.3 is 19.9 Å². The van der Waals surface area contributed by atoms with E-state index in [1.807, 2.05) is 20.0 Å². The second-order valence-corrected chi connectivity index (χ2v) is 9.08. The van der Waals surface area contributed by atoms with Crippen LogP contribution in [-0.4, -0.2) is 56.9 Å². The summed E-state index contributed by atoms with van der Waals surface area (Å²) >= 11 is 0. The van der Waals surface area contributed by atoms with E-state index in [9.17, 15) is 13.9 Å². The van der Waals surface area contributed by atoms with Crippen molar-refractivity contribution in [3.8, 4) is 11.3 Å². The molecule has 7 heteroatoms. The Bertz CT molecular complexity index is 853. The van der Waals surface area contributed by atoms with Crippen molar-refractivity contribution in [3.63, 3.8) is 0 Å². The lowest BCUT2D eigenvalue weighted by Gasteiger charge is -2.37. The molecule has 1 atom stereocenters. The molecule has 1 unspecified atom stereocenters. The summed E-state index contributed by atoms with van der Waals surface area (Å²) in [5.41, 5.74) is 0.262. The standard InChI is InChI=1S/C22H30F2N4O/c1-22(2,29)14-27-9-7-16(8-10-27)25-17-4-6-21-26-20(13-28(21)12-17)18-5-3-15(23)11-19(18)24/h3,5,11,13,16-17,25,29H,4,6-10,12,14H2,1-2H3. The van der Waals surface area contributed by atoms with Crippen LogP contribution < -0.4 is 5.32 Å². The fraction of sp³-hybridized carbons (Fsp3) is 0.591. The molecule has 4 rings (SSSR count). The molecule has 1 fully saturated rings. The first-order valence-corrected chi connectivity index (χ1v) is 10.5. The van der Waals surface area contributed by atoms with E-state index in [-0.39, 0.29) is 0 Å². The van der Waals surface area contributed by atoms with Crippen LogP contribution >= 0.6 is 0 Å². The second-order valence-electron chi connectivity index (χ2n) is 9.08. The van der Waals surface area contributed by atoms with Crippen LogP contribution in [0.25, 0.3) is 11.3 Å². The van der Waals surface area contributed by atoms with E-state index in [0.29, 0.717) is 29.9 Å². The average molecular weight is 405 g/mol. The van der Waals surface area contributed by atoms with E-state index in [0.717, 1.165) is 57.2 Å². The number of piperidine rings is 1. The zero-order valence-electron chi connectivity index (χ0n) is 17.2. The summed E-state index contributed by atoms with van der Waals surface area (Å²) in [6.45, 7) is 7.24. The molecule has 158 valence electrons. The van der Waals surface area contributed by atoms with Gasteiger partial charge >= 0.3 is 0 Å². The van der Waals surface area contributed by atoms with Crippen LogP contribution in [0.3, 0.4) is 0 Å². The summed E-state index contributed by atoms with van der Waals surface area (Å²) < 4.78 is 29.4. The van der Waals surface area contributed by atoms with Crippen LogP contribution in [0, 0.1) is 11.6 Å². The molecule has 3 heterocycles. The molecular weight excluding hydrogens is 374 g/mol. The predicted octanol–water partition coefficient (Wildman–Crippen LogP) is 2.97. The highest BCUT2D eigenvalue weighted by molar-refractivity contribution is 5.59. The minimum absolute atomic E-state index is 0.344. The molecule has 0 bridgehead atoms. The molecule has 0 amide bonds. The lowest BCUT2D eigenvalue weighted by molar-refractivity contribution is 0.0262. The highest BCUT2D eigenvalue weighted by Gasteiger charge is 2.27. The Morgan fingerprint density at radius 1 is 1.17 bits per heavy atom. The lowest BCUT2D eigenvalue weighted by atomic mass is 9.99. The van der Waals surface area contributed by atoms with Gasteiger partial charge in [0.15, 0.2) is 0 Å². The fourth-order valence-electron chi connectivity index (χ4n) is 4.55. The maximum Gasteiger partial charge on any atom is 0.135 e. The molecule has 2 N–H and O–H groups in total. The number of β-amino-alcohol motifs (C(OH)–C–C–N with tert-alkyl or cyclic N) is 1. The molecule has 29 heavy (non-hydrogen) atoms. The van der Waals surface area contributed by atoms with Crippen LogP contribution in [0.15, 0.2) is 24.4 Å². The van der Waals surface area contributed by atoms with Gasteiger partial charge in [-0.3, -0.25) is 0 Å². The smallest absolute Gasteiger partial charge is 0.135 e. The zero-order chi connectivity index (χ0) is 20.6. The van der Waals surface area contributed by atoms with Gasteiger partial charge in [-0.1, -0.05) is 0 Å². The summed E-state index contributed by atoms with van der Waals surface area (Å²) in [5.74, 6) is -0.192. The molecule has 1 aromatic heterocycles. The number of nitrogens with one attached hydrogen (secondary N) is 1. The van der Waals surface area contributed by atoms with Gasteiger partial charge in [-0.05, 0) is 58.3 Å². The molecule has 5 nitrogen and oxygen atoms in total. The molecule has 0 radical (unpaired) electrons. The number of aliphatic hydroxyl groups is 1. The second kappa shape index (κ2) is 8.13. The minimum atomic E-state index is -0.650. The average Bonchev–Trinajstić information content (AvgIpc) is 3.05. The van der Waals surface area contributed by atoms with Crippen molar-refractivity contribution in [2.24, 2.45) is 0 Å². The number of hydrogen-bond acceptors (Lipinski definition) is 4. The van der Waals surface area contributed by atoms with E-state index in [4.69, 9.17) is 0 Å². The number of rotatable bonds is 5. The normalized spacial score (nSPS) is 21.3. The molecule has 0 aliphatic carbocycles. The maximum atomic E-state index is 14.1. The molecule has 1 saturated heterocycles. The van der Waals surface area contributed by atoms with Crippen LogP contribution in [-0.2, 0) is 13.0 Å². The van der Waals surface area contributed by atoms with Gasteiger partial charge in [0.05, 0.1) is 11.3 Å². The van der Waals surface area contributed by atoms with Gasteiger partial charge in [0, 0.05) is 49.4 Å². The first-order valence-electron chi connectivity index (χ1n) is 10.5. The lowest BCUT2D eigenvalue weighted by Crippen LogP contribution is -2.50. The van der Waals surface area contributed by atoms with E-state index in [1.165, 1.54) is 12.1 Å². The third-order valence-electron chi connectivity index (χ3n) is 5.87. The third kappa shape index (κ3) is 5.02. The van der Waals surface area contributed by atoms with Crippen molar-refractivity contribution < 1.29 is 13.9 Å². The third-order valence-corrected chi connectivity index (χ3v) is 5.87. The number of imidazole rings is 1.